The lowest BCUT2D eigenvalue weighted by atomic mass is 9.86. The van der Waals surface area contributed by atoms with E-state index in [1.807, 2.05) is 0 Å². The summed E-state index contributed by atoms with van der Waals surface area (Å²) in [5.41, 5.74) is 1.57. The number of nitrogens with zero attached hydrogens (tertiary/aromatic N) is 2. The van der Waals surface area contributed by atoms with E-state index < -0.39 is 0 Å². The minimum atomic E-state index is 0.182. The number of hydrogen-bond donors (Lipinski definition) is 1. The molecule has 1 N–H and O–H groups in total. The summed E-state index contributed by atoms with van der Waals surface area (Å²) in [7, 11) is 0. The summed E-state index contributed by atoms with van der Waals surface area (Å²) in [6, 6.07) is 10.7. The number of guanidine groups is 1. The first-order chi connectivity index (χ1) is 10.1. The Morgan fingerprint density at radius 2 is 1.86 bits per heavy atom. The SMILES string of the molecule is CCNC(=NCC(C)(C)Cc1ccccc1)N1CCCC1. The molecule has 1 fully saturated rings. The fraction of sp³-hybridized carbons (Fsp3) is 0.611. The molecule has 0 aromatic heterocycles. The first-order valence-electron chi connectivity index (χ1n) is 8.18. The lowest BCUT2D eigenvalue weighted by molar-refractivity contribution is 0.372. The van der Waals surface area contributed by atoms with Crippen LogP contribution >= 0.6 is 0 Å². The van der Waals surface area contributed by atoms with E-state index in [4.69, 9.17) is 4.99 Å². The van der Waals surface area contributed by atoms with Crippen molar-refractivity contribution in [2.45, 2.75) is 40.0 Å². The monoisotopic (exact) mass is 287 g/mol. The van der Waals surface area contributed by atoms with E-state index in [0.29, 0.717) is 0 Å². The van der Waals surface area contributed by atoms with Crippen molar-refractivity contribution < 1.29 is 0 Å². The summed E-state index contributed by atoms with van der Waals surface area (Å²) in [5.74, 6) is 1.09. The van der Waals surface area contributed by atoms with Gasteiger partial charge in [-0.15, -0.1) is 0 Å². The quantitative estimate of drug-likeness (QED) is 0.664. The average molecular weight is 287 g/mol. The van der Waals surface area contributed by atoms with Crippen LogP contribution < -0.4 is 5.32 Å². The van der Waals surface area contributed by atoms with Crippen LogP contribution in [0.2, 0.25) is 0 Å². The number of nitrogens with one attached hydrogen (secondary N) is 1. The second-order valence-electron chi connectivity index (χ2n) is 6.69. The zero-order chi connectivity index (χ0) is 15.1. The van der Waals surface area contributed by atoms with Gasteiger partial charge in [0.25, 0.3) is 0 Å². The number of rotatable bonds is 5. The third-order valence-electron chi connectivity index (χ3n) is 3.92. The predicted molar refractivity (Wildman–Crippen MR) is 90.7 cm³/mol. The van der Waals surface area contributed by atoms with E-state index in [2.05, 4.69) is 61.3 Å². The first-order valence-corrected chi connectivity index (χ1v) is 8.18. The minimum Gasteiger partial charge on any atom is -0.357 e. The lowest BCUT2D eigenvalue weighted by Gasteiger charge is -2.26. The molecule has 116 valence electrons. The van der Waals surface area contributed by atoms with E-state index in [9.17, 15) is 0 Å². The molecule has 0 spiro atoms. The van der Waals surface area contributed by atoms with Gasteiger partial charge in [0.05, 0.1) is 0 Å². The van der Waals surface area contributed by atoms with Crippen molar-refractivity contribution >= 4 is 5.96 Å². The molecule has 0 saturated carbocycles. The van der Waals surface area contributed by atoms with Gasteiger partial charge in [0.2, 0.25) is 0 Å². The Balaban J connectivity index is 1.98. The van der Waals surface area contributed by atoms with Gasteiger partial charge in [-0.05, 0) is 37.2 Å². The maximum atomic E-state index is 4.89. The summed E-state index contributed by atoms with van der Waals surface area (Å²) in [4.78, 5) is 7.29. The summed E-state index contributed by atoms with van der Waals surface area (Å²) >= 11 is 0. The van der Waals surface area contributed by atoms with Crippen molar-refractivity contribution in [1.29, 1.82) is 0 Å². The van der Waals surface area contributed by atoms with Crippen LogP contribution in [-0.2, 0) is 6.42 Å². The van der Waals surface area contributed by atoms with Crippen LogP contribution in [0.4, 0.5) is 0 Å². The van der Waals surface area contributed by atoms with Crippen LogP contribution in [0, 0.1) is 5.41 Å². The fourth-order valence-corrected chi connectivity index (χ4v) is 2.85. The van der Waals surface area contributed by atoms with Gasteiger partial charge in [-0.1, -0.05) is 44.2 Å². The van der Waals surface area contributed by atoms with E-state index in [1.165, 1.54) is 18.4 Å². The zero-order valence-electron chi connectivity index (χ0n) is 13.7. The van der Waals surface area contributed by atoms with Crippen molar-refractivity contribution in [2.75, 3.05) is 26.2 Å². The van der Waals surface area contributed by atoms with Gasteiger partial charge in [-0.2, -0.15) is 0 Å². The normalized spacial score (nSPS) is 16.3. The topological polar surface area (TPSA) is 27.6 Å². The standard InChI is InChI=1S/C18H29N3/c1-4-19-17(21-12-8-9-13-21)20-15-18(2,3)14-16-10-6-5-7-11-16/h5-7,10-11H,4,8-9,12-15H2,1-3H3,(H,19,20). The van der Waals surface area contributed by atoms with Crippen LogP contribution in [0.15, 0.2) is 35.3 Å². The Morgan fingerprint density at radius 3 is 2.48 bits per heavy atom. The Kier molecular flexibility index (Phi) is 5.66. The summed E-state index contributed by atoms with van der Waals surface area (Å²) in [6.07, 6.45) is 3.65. The maximum absolute atomic E-state index is 4.89. The number of likely N-dealkylation sites (tertiary alicyclic amines) is 1. The summed E-state index contributed by atoms with van der Waals surface area (Å²) in [6.45, 7) is 10.8. The molecular weight excluding hydrogens is 258 g/mol. The minimum absolute atomic E-state index is 0.182. The molecule has 2 rings (SSSR count). The smallest absolute Gasteiger partial charge is 0.193 e. The van der Waals surface area contributed by atoms with Crippen LogP contribution in [-0.4, -0.2) is 37.0 Å². The Hall–Kier alpha value is -1.51. The molecule has 1 aliphatic rings. The van der Waals surface area contributed by atoms with Gasteiger partial charge in [0.15, 0.2) is 5.96 Å². The van der Waals surface area contributed by atoms with Crippen molar-refractivity contribution in [1.82, 2.24) is 10.2 Å². The van der Waals surface area contributed by atoms with Crippen LogP contribution in [0.5, 0.6) is 0 Å². The third kappa shape index (κ3) is 5.07. The molecule has 0 bridgehead atoms. The molecule has 3 nitrogen and oxygen atoms in total. The molecule has 3 heteroatoms. The highest BCUT2D eigenvalue weighted by atomic mass is 15.3. The predicted octanol–water partition coefficient (Wildman–Crippen LogP) is 3.32. The molecule has 21 heavy (non-hydrogen) atoms. The van der Waals surface area contributed by atoms with Gasteiger partial charge >= 0.3 is 0 Å². The van der Waals surface area contributed by atoms with E-state index >= 15 is 0 Å². The zero-order valence-corrected chi connectivity index (χ0v) is 13.7. The van der Waals surface area contributed by atoms with Gasteiger partial charge in [-0.25, -0.2) is 0 Å². The molecule has 1 aromatic rings. The van der Waals surface area contributed by atoms with Crippen LogP contribution in [0.1, 0.15) is 39.2 Å². The van der Waals surface area contributed by atoms with Crippen molar-refractivity contribution in [2.24, 2.45) is 10.4 Å². The highest BCUT2D eigenvalue weighted by molar-refractivity contribution is 5.80. The average Bonchev–Trinajstić information content (AvgIpc) is 2.98. The van der Waals surface area contributed by atoms with Gasteiger partial charge in [-0.3, -0.25) is 4.99 Å². The number of aliphatic imine (C=N–C) groups is 1. The third-order valence-corrected chi connectivity index (χ3v) is 3.92. The molecule has 1 aromatic carbocycles. The number of hydrogen-bond acceptors (Lipinski definition) is 1. The molecule has 1 saturated heterocycles. The largest absolute Gasteiger partial charge is 0.357 e. The molecule has 0 unspecified atom stereocenters. The van der Waals surface area contributed by atoms with Gasteiger partial charge in [0.1, 0.15) is 0 Å². The van der Waals surface area contributed by atoms with E-state index in [0.717, 1.165) is 38.6 Å². The first kappa shape index (κ1) is 15.9. The Morgan fingerprint density at radius 1 is 1.19 bits per heavy atom. The van der Waals surface area contributed by atoms with E-state index in [1.54, 1.807) is 0 Å². The van der Waals surface area contributed by atoms with Crippen molar-refractivity contribution in [3.63, 3.8) is 0 Å². The summed E-state index contributed by atoms with van der Waals surface area (Å²) < 4.78 is 0. The molecule has 1 aliphatic heterocycles. The Labute approximate surface area is 129 Å². The second-order valence-corrected chi connectivity index (χ2v) is 6.69. The molecule has 0 aliphatic carbocycles. The highest BCUT2D eigenvalue weighted by Gasteiger charge is 2.20. The molecule has 0 radical (unpaired) electrons. The molecular formula is C18H29N3. The molecule has 0 atom stereocenters. The second kappa shape index (κ2) is 7.48. The van der Waals surface area contributed by atoms with Gasteiger partial charge < -0.3 is 10.2 Å². The van der Waals surface area contributed by atoms with Crippen LogP contribution in [0.25, 0.3) is 0 Å². The van der Waals surface area contributed by atoms with Crippen molar-refractivity contribution in [3.8, 4) is 0 Å². The van der Waals surface area contributed by atoms with Gasteiger partial charge in [0, 0.05) is 26.2 Å². The maximum Gasteiger partial charge on any atom is 0.193 e. The lowest BCUT2D eigenvalue weighted by Crippen LogP contribution is -2.40. The van der Waals surface area contributed by atoms with Crippen molar-refractivity contribution in [3.05, 3.63) is 35.9 Å². The highest BCUT2D eigenvalue weighted by Crippen LogP contribution is 2.22. The Bertz CT molecular complexity index is 445. The summed E-state index contributed by atoms with van der Waals surface area (Å²) in [5, 5.41) is 3.44. The fourth-order valence-electron chi connectivity index (χ4n) is 2.85. The molecule has 1 heterocycles. The number of benzene rings is 1. The molecule has 0 amide bonds. The van der Waals surface area contributed by atoms with E-state index in [-0.39, 0.29) is 5.41 Å². The van der Waals surface area contributed by atoms with Crippen LogP contribution in [0.3, 0.4) is 0 Å².